The molecule has 0 saturated heterocycles. The maximum atomic E-state index is 5.54. The first-order chi connectivity index (χ1) is 8.33. The third kappa shape index (κ3) is 2.94. The Hall–Kier alpha value is -1.62. The molecule has 0 radical (unpaired) electrons. The average Bonchev–Trinajstić information content (AvgIpc) is 2.97. The minimum atomic E-state index is 0.443. The monoisotopic (exact) mass is 235 g/mol. The molecule has 0 aromatic carbocycles. The van der Waals surface area contributed by atoms with Crippen molar-refractivity contribution >= 4 is 0 Å². The van der Waals surface area contributed by atoms with Gasteiger partial charge >= 0.3 is 0 Å². The van der Waals surface area contributed by atoms with Crippen LogP contribution in [0.1, 0.15) is 31.9 Å². The van der Waals surface area contributed by atoms with Gasteiger partial charge in [-0.05, 0) is 25.1 Å². The Labute approximate surface area is 100 Å². The fraction of sp³-hybridized carbons (Fsp3) is 0.500. The summed E-state index contributed by atoms with van der Waals surface area (Å²) in [6.45, 7) is 5.69. The Morgan fingerprint density at radius 3 is 2.76 bits per heavy atom. The van der Waals surface area contributed by atoms with Gasteiger partial charge in [0, 0.05) is 6.42 Å². The molecule has 0 aliphatic carbocycles. The fourth-order valence-electron chi connectivity index (χ4n) is 1.48. The van der Waals surface area contributed by atoms with Crippen molar-refractivity contribution in [2.45, 2.75) is 33.2 Å². The van der Waals surface area contributed by atoms with Crippen LogP contribution in [0.3, 0.4) is 0 Å². The van der Waals surface area contributed by atoms with Gasteiger partial charge < -0.3 is 14.2 Å². The Balaban J connectivity index is 2.02. The van der Waals surface area contributed by atoms with Crippen molar-refractivity contribution < 1.29 is 8.83 Å². The SMILES string of the molecule is CCCNCc1nnc(-c2ccc(CC)o2)o1. The summed E-state index contributed by atoms with van der Waals surface area (Å²) in [5.74, 6) is 2.58. The quantitative estimate of drug-likeness (QED) is 0.779. The largest absolute Gasteiger partial charge is 0.456 e. The van der Waals surface area contributed by atoms with Gasteiger partial charge in [0.05, 0.1) is 6.54 Å². The molecule has 0 aliphatic rings. The summed E-state index contributed by atoms with van der Waals surface area (Å²) in [4.78, 5) is 0. The first-order valence-electron chi connectivity index (χ1n) is 5.95. The van der Waals surface area contributed by atoms with Crippen LogP contribution in [0, 0.1) is 0 Å². The molecule has 0 saturated carbocycles. The van der Waals surface area contributed by atoms with Crippen LogP contribution in [0.15, 0.2) is 21.0 Å². The third-order valence-corrected chi connectivity index (χ3v) is 2.39. The van der Waals surface area contributed by atoms with E-state index in [1.807, 2.05) is 19.1 Å². The minimum Gasteiger partial charge on any atom is -0.456 e. The second-order valence-electron chi connectivity index (χ2n) is 3.80. The van der Waals surface area contributed by atoms with E-state index in [-0.39, 0.29) is 0 Å². The molecule has 0 amide bonds. The van der Waals surface area contributed by atoms with Crippen molar-refractivity contribution in [3.8, 4) is 11.7 Å². The van der Waals surface area contributed by atoms with Crippen LogP contribution in [0.5, 0.6) is 0 Å². The van der Waals surface area contributed by atoms with Crippen LogP contribution in [-0.2, 0) is 13.0 Å². The minimum absolute atomic E-state index is 0.443. The number of hydrogen-bond donors (Lipinski definition) is 1. The molecule has 1 N–H and O–H groups in total. The Bertz CT molecular complexity index is 462. The molecule has 5 heteroatoms. The van der Waals surface area contributed by atoms with E-state index in [1.165, 1.54) is 0 Å². The molecule has 2 rings (SSSR count). The average molecular weight is 235 g/mol. The zero-order valence-electron chi connectivity index (χ0n) is 10.2. The summed E-state index contributed by atoms with van der Waals surface area (Å²) in [5, 5.41) is 11.1. The summed E-state index contributed by atoms with van der Waals surface area (Å²) >= 11 is 0. The lowest BCUT2D eigenvalue weighted by Gasteiger charge is -1.96. The van der Waals surface area contributed by atoms with Gasteiger partial charge in [0.15, 0.2) is 5.76 Å². The Kier molecular flexibility index (Phi) is 3.93. The van der Waals surface area contributed by atoms with Crippen LogP contribution in [0.4, 0.5) is 0 Å². The van der Waals surface area contributed by atoms with Gasteiger partial charge in [-0.15, -0.1) is 10.2 Å². The topological polar surface area (TPSA) is 64.1 Å². The van der Waals surface area contributed by atoms with Gasteiger partial charge in [0.2, 0.25) is 5.89 Å². The van der Waals surface area contributed by atoms with E-state index in [0.717, 1.165) is 25.1 Å². The Morgan fingerprint density at radius 2 is 2.06 bits per heavy atom. The van der Waals surface area contributed by atoms with Crippen molar-refractivity contribution in [3.63, 3.8) is 0 Å². The summed E-state index contributed by atoms with van der Waals surface area (Å²) in [7, 11) is 0. The molecule has 0 aliphatic heterocycles. The molecular formula is C12H17N3O2. The van der Waals surface area contributed by atoms with Gasteiger partial charge in [-0.2, -0.15) is 0 Å². The van der Waals surface area contributed by atoms with Crippen molar-refractivity contribution in [2.75, 3.05) is 6.54 Å². The smallest absolute Gasteiger partial charge is 0.283 e. The Morgan fingerprint density at radius 1 is 1.18 bits per heavy atom. The lowest BCUT2D eigenvalue weighted by molar-refractivity contribution is 0.453. The zero-order valence-corrected chi connectivity index (χ0v) is 10.2. The summed E-state index contributed by atoms with van der Waals surface area (Å²) < 4.78 is 11.0. The second kappa shape index (κ2) is 5.63. The second-order valence-corrected chi connectivity index (χ2v) is 3.80. The molecule has 0 spiro atoms. The number of aromatic nitrogens is 2. The fourth-order valence-corrected chi connectivity index (χ4v) is 1.48. The van der Waals surface area contributed by atoms with Gasteiger partial charge in [0.1, 0.15) is 5.76 Å². The molecule has 92 valence electrons. The maximum Gasteiger partial charge on any atom is 0.283 e. The van der Waals surface area contributed by atoms with Gasteiger partial charge in [-0.3, -0.25) is 0 Å². The van der Waals surface area contributed by atoms with E-state index in [4.69, 9.17) is 8.83 Å². The number of nitrogens with one attached hydrogen (secondary N) is 1. The van der Waals surface area contributed by atoms with Crippen LogP contribution < -0.4 is 5.32 Å². The van der Waals surface area contributed by atoms with Crippen LogP contribution in [0.2, 0.25) is 0 Å². The first-order valence-corrected chi connectivity index (χ1v) is 5.95. The zero-order chi connectivity index (χ0) is 12.1. The van der Waals surface area contributed by atoms with Crippen molar-refractivity contribution in [1.82, 2.24) is 15.5 Å². The third-order valence-electron chi connectivity index (χ3n) is 2.39. The highest BCUT2D eigenvalue weighted by Gasteiger charge is 2.11. The molecule has 2 aromatic rings. The molecule has 17 heavy (non-hydrogen) atoms. The van der Waals surface area contributed by atoms with Crippen LogP contribution in [-0.4, -0.2) is 16.7 Å². The maximum absolute atomic E-state index is 5.54. The number of rotatable bonds is 6. The summed E-state index contributed by atoms with van der Waals surface area (Å²) in [6, 6.07) is 3.78. The predicted octanol–water partition coefficient (Wildman–Crippen LogP) is 2.39. The highest BCUT2D eigenvalue weighted by Crippen LogP contribution is 2.20. The number of hydrogen-bond acceptors (Lipinski definition) is 5. The summed E-state index contributed by atoms with van der Waals surface area (Å²) in [6.07, 6.45) is 1.94. The first kappa shape index (κ1) is 11.9. The molecule has 2 heterocycles. The normalized spacial score (nSPS) is 10.9. The molecule has 0 atom stereocenters. The van der Waals surface area contributed by atoms with Gasteiger partial charge in [0.25, 0.3) is 5.89 Å². The van der Waals surface area contributed by atoms with Gasteiger partial charge in [-0.25, -0.2) is 0 Å². The van der Waals surface area contributed by atoms with E-state index < -0.39 is 0 Å². The molecule has 0 bridgehead atoms. The highest BCUT2D eigenvalue weighted by atomic mass is 16.4. The van der Waals surface area contributed by atoms with E-state index in [0.29, 0.717) is 24.1 Å². The molecule has 0 fully saturated rings. The van der Waals surface area contributed by atoms with E-state index >= 15 is 0 Å². The van der Waals surface area contributed by atoms with Gasteiger partial charge in [-0.1, -0.05) is 13.8 Å². The van der Waals surface area contributed by atoms with E-state index in [1.54, 1.807) is 0 Å². The lowest BCUT2D eigenvalue weighted by atomic mass is 10.3. The highest BCUT2D eigenvalue weighted by molar-refractivity contribution is 5.43. The van der Waals surface area contributed by atoms with Crippen LogP contribution in [0.25, 0.3) is 11.7 Å². The number of nitrogens with zero attached hydrogens (tertiary/aromatic N) is 2. The van der Waals surface area contributed by atoms with Crippen molar-refractivity contribution in [2.24, 2.45) is 0 Å². The lowest BCUT2D eigenvalue weighted by Crippen LogP contribution is -2.13. The van der Waals surface area contributed by atoms with Crippen molar-refractivity contribution in [1.29, 1.82) is 0 Å². The molecule has 0 unspecified atom stereocenters. The van der Waals surface area contributed by atoms with E-state index in [9.17, 15) is 0 Å². The van der Waals surface area contributed by atoms with E-state index in [2.05, 4.69) is 22.4 Å². The molecular weight excluding hydrogens is 218 g/mol. The molecule has 5 nitrogen and oxygen atoms in total. The van der Waals surface area contributed by atoms with Crippen LogP contribution >= 0.6 is 0 Å². The molecule has 2 aromatic heterocycles. The summed E-state index contributed by atoms with van der Waals surface area (Å²) in [5.41, 5.74) is 0. The number of furan rings is 1. The van der Waals surface area contributed by atoms with Crippen molar-refractivity contribution in [3.05, 3.63) is 23.8 Å². The predicted molar refractivity (Wildman–Crippen MR) is 63.4 cm³/mol. The standard InChI is InChI=1S/C12H17N3O2/c1-3-7-13-8-11-14-15-12(17-11)10-6-5-9(4-2)16-10/h5-6,13H,3-4,7-8H2,1-2H3. The number of aryl methyl sites for hydroxylation is 1.